The number of alkyl halides is 2. The van der Waals surface area contributed by atoms with Gasteiger partial charge in [-0.05, 0) is 62.1 Å². The molecular weight excluding hydrogens is 315 g/mol. The van der Waals surface area contributed by atoms with Gasteiger partial charge in [0.15, 0.2) is 0 Å². The van der Waals surface area contributed by atoms with Gasteiger partial charge in [0.1, 0.15) is 11.9 Å². The van der Waals surface area contributed by atoms with Gasteiger partial charge in [-0.15, -0.1) is 0 Å². The molecule has 0 N–H and O–H groups in total. The van der Waals surface area contributed by atoms with Crippen LogP contribution in [0.25, 0.3) is 0 Å². The summed E-state index contributed by atoms with van der Waals surface area (Å²) in [4.78, 5) is 0. The van der Waals surface area contributed by atoms with Crippen LogP contribution in [0.1, 0.15) is 50.2 Å². The predicted molar refractivity (Wildman–Crippen MR) is 85.7 cm³/mol. The third-order valence-electron chi connectivity index (χ3n) is 4.49. The topological polar surface area (TPSA) is 33.0 Å². The van der Waals surface area contributed by atoms with Gasteiger partial charge in [-0.3, -0.25) is 0 Å². The Morgan fingerprint density at radius 3 is 2.58 bits per heavy atom. The summed E-state index contributed by atoms with van der Waals surface area (Å²) in [7, 11) is 0. The smallest absolute Gasteiger partial charge is 0.316 e. The van der Waals surface area contributed by atoms with Crippen molar-refractivity contribution in [2.75, 3.05) is 0 Å². The van der Waals surface area contributed by atoms with Gasteiger partial charge in [0.05, 0.1) is 12.2 Å². The lowest BCUT2D eigenvalue weighted by atomic mass is 9.80. The molecule has 0 bridgehead atoms. The Hall–Kier alpha value is -1.80. The van der Waals surface area contributed by atoms with Crippen LogP contribution in [0.3, 0.4) is 0 Å². The van der Waals surface area contributed by atoms with Crippen molar-refractivity contribution in [1.29, 1.82) is 5.26 Å². The molecule has 1 aliphatic rings. The summed E-state index contributed by atoms with van der Waals surface area (Å²) in [5.74, 6) is -0.258. The van der Waals surface area contributed by atoms with Crippen molar-refractivity contribution < 1.29 is 17.9 Å². The summed E-state index contributed by atoms with van der Waals surface area (Å²) < 4.78 is 46.2. The molecule has 5 heteroatoms. The average Bonchev–Trinajstić information content (AvgIpc) is 2.55. The van der Waals surface area contributed by atoms with Crippen LogP contribution in [-0.2, 0) is 11.3 Å². The number of allylic oxidation sites excluding steroid dienone is 2. The average molecular weight is 337 g/mol. The highest BCUT2D eigenvalue weighted by Gasteiger charge is 2.35. The molecule has 1 fully saturated rings. The number of benzene rings is 1. The Kier molecular flexibility index (Phi) is 6.44. The number of halogens is 3. The van der Waals surface area contributed by atoms with Crippen molar-refractivity contribution in [2.45, 2.75) is 51.7 Å². The molecule has 2 rings (SSSR count). The summed E-state index contributed by atoms with van der Waals surface area (Å²) in [6, 6.07) is 5.46. The van der Waals surface area contributed by atoms with E-state index in [0.717, 1.165) is 31.7 Å². The summed E-state index contributed by atoms with van der Waals surface area (Å²) in [6.45, 7) is 1.60. The molecule has 1 aromatic rings. The number of nitrogens with zero attached hydrogens (tertiary/aromatic N) is 1. The lowest BCUT2D eigenvalue weighted by Crippen LogP contribution is -2.26. The second-order valence-electron chi connectivity index (χ2n) is 6.36. The van der Waals surface area contributed by atoms with Crippen LogP contribution in [-0.4, -0.2) is 6.11 Å². The Labute approximate surface area is 140 Å². The molecule has 130 valence electrons. The van der Waals surface area contributed by atoms with Crippen LogP contribution >= 0.6 is 0 Å². The second-order valence-corrected chi connectivity index (χ2v) is 6.36. The molecule has 0 saturated heterocycles. The zero-order valence-electron chi connectivity index (χ0n) is 13.8. The first kappa shape index (κ1) is 18.5. The fourth-order valence-electron chi connectivity index (χ4n) is 3.18. The van der Waals surface area contributed by atoms with Crippen molar-refractivity contribution in [3.05, 3.63) is 47.3 Å². The molecule has 1 saturated carbocycles. The van der Waals surface area contributed by atoms with E-state index in [4.69, 9.17) is 10.00 Å². The molecule has 0 aliphatic heterocycles. The third kappa shape index (κ3) is 5.38. The van der Waals surface area contributed by atoms with E-state index in [2.05, 4.69) is 6.08 Å². The van der Waals surface area contributed by atoms with E-state index in [1.165, 1.54) is 12.1 Å². The zero-order valence-corrected chi connectivity index (χ0v) is 13.8. The molecule has 0 atom stereocenters. The minimum Gasteiger partial charge on any atom is -0.316 e. The number of hydrogen-bond donors (Lipinski definition) is 0. The Morgan fingerprint density at radius 1 is 1.29 bits per heavy atom. The molecule has 0 amide bonds. The van der Waals surface area contributed by atoms with E-state index in [9.17, 15) is 13.2 Å². The maximum atomic E-state index is 14.0. The van der Waals surface area contributed by atoms with Crippen molar-refractivity contribution in [1.82, 2.24) is 0 Å². The van der Waals surface area contributed by atoms with Crippen LogP contribution in [0.15, 0.2) is 30.4 Å². The molecule has 0 heterocycles. The molecular formula is C19H22F3NO. The van der Waals surface area contributed by atoms with E-state index in [0.29, 0.717) is 11.5 Å². The summed E-state index contributed by atoms with van der Waals surface area (Å²) in [5, 5.41) is 8.66. The van der Waals surface area contributed by atoms with E-state index in [1.807, 2.05) is 13.0 Å². The lowest BCUT2D eigenvalue weighted by Gasteiger charge is -2.29. The second kappa shape index (κ2) is 8.34. The van der Waals surface area contributed by atoms with Gasteiger partial charge >= 0.3 is 6.11 Å². The highest BCUT2D eigenvalue weighted by molar-refractivity contribution is 5.33. The predicted octanol–water partition coefficient (Wildman–Crippen LogP) is 5.58. The first-order valence-electron chi connectivity index (χ1n) is 8.26. The van der Waals surface area contributed by atoms with Gasteiger partial charge in [0.2, 0.25) is 0 Å². The maximum Gasteiger partial charge on any atom is 0.356 e. The SMILES string of the molecule is C/C=C/[C@H]1CC[C@H](CC(F)(F)OCc2ccc(C#N)c(F)c2)CC1. The van der Waals surface area contributed by atoms with Crippen LogP contribution in [0.4, 0.5) is 13.2 Å². The summed E-state index contributed by atoms with van der Waals surface area (Å²) in [6.07, 6.45) is 4.07. The van der Waals surface area contributed by atoms with Gasteiger partial charge in [-0.1, -0.05) is 18.2 Å². The van der Waals surface area contributed by atoms with Crippen molar-refractivity contribution in [2.24, 2.45) is 11.8 Å². The monoisotopic (exact) mass is 337 g/mol. The van der Waals surface area contributed by atoms with E-state index >= 15 is 0 Å². The zero-order chi connectivity index (χ0) is 17.6. The van der Waals surface area contributed by atoms with Crippen molar-refractivity contribution in [3.8, 4) is 6.07 Å². The molecule has 1 aromatic carbocycles. The number of hydrogen-bond acceptors (Lipinski definition) is 2. The minimum atomic E-state index is -3.22. The molecule has 0 aromatic heterocycles. The Bertz CT molecular complexity index is 614. The third-order valence-corrected chi connectivity index (χ3v) is 4.49. The van der Waals surface area contributed by atoms with Crippen LogP contribution < -0.4 is 0 Å². The van der Waals surface area contributed by atoms with Crippen LogP contribution in [0.2, 0.25) is 0 Å². The molecule has 0 spiro atoms. The van der Waals surface area contributed by atoms with Gasteiger partial charge in [0, 0.05) is 6.42 Å². The largest absolute Gasteiger partial charge is 0.356 e. The Balaban J connectivity index is 1.83. The standard InChI is InChI=1S/C19H22F3NO/c1-2-3-14-4-6-15(7-5-14)11-19(21,22)24-13-16-8-9-17(12-23)18(20)10-16/h2-3,8-10,14-15H,4-7,11,13H2,1H3/b3-2+/t14-,15-. The summed E-state index contributed by atoms with van der Waals surface area (Å²) >= 11 is 0. The van der Waals surface area contributed by atoms with Gasteiger partial charge < -0.3 is 4.74 Å². The van der Waals surface area contributed by atoms with Gasteiger partial charge in [-0.25, -0.2) is 4.39 Å². The minimum absolute atomic E-state index is 0.0424. The number of nitriles is 1. The number of ether oxygens (including phenoxy) is 1. The fourth-order valence-corrected chi connectivity index (χ4v) is 3.18. The first-order valence-corrected chi connectivity index (χ1v) is 8.26. The maximum absolute atomic E-state index is 14.0. The molecule has 2 nitrogen and oxygen atoms in total. The molecule has 0 unspecified atom stereocenters. The quantitative estimate of drug-likeness (QED) is 0.635. The Morgan fingerprint density at radius 2 is 2.00 bits per heavy atom. The highest BCUT2D eigenvalue weighted by Crippen LogP contribution is 2.37. The fraction of sp³-hybridized carbons (Fsp3) is 0.526. The normalized spacial score (nSPS) is 21.8. The molecule has 24 heavy (non-hydrogen) atoms. The van der Waals surface area contributed by atoms with E-state index < -0.39 is 11.9 Å². The van der Waals surface area contributed by atoms with Gasteiger partial charge in [-0.2, -0.15) is 14.0 Å². The summed E-state index contributed by atoms with van der Waals surface area (Å²) in [5.41, 5.74) is 0.186. The van der Waals surface area contributed by atoms with Crippen LogP contribution in [0, 0.1) is 29.0 Å². The first-order chi connectivity index (χ1) is 11.4. The van der Waals surface area contributed by atoms with Crippen LogP contribution in [0.5, 0.6) is 0 Å². The molecule has 0 radical (unpaired) electrons. The van der Waals surface area contributed by atoms with Gasteiger partial charge in [0.25, 0.3) is 0 Å². The molecule has 1 aliphatic carbocycles. The van der Waals surface area contributed by atoms with Crippen molar-refractivity contribution in [3.63, 3.8) is 0 Å². The lowest BCUT2D eigenvalue weighted by molar-refractivity contribution is -0.256. The van der Waals surface area contributed by atoms with E-state index in [-0.39, 0.29) is 24.5 Å². The number of rotatable bonds is 6. The highest BCUT2D eigenvalue weighted by atomic mass is 19.3. The van der Waals surface area contributed by atoms with Crippen molar-refractivity contribution >= 4 is 0 Å². The van der Waals surface area contributed by atoms with E-state index in [1.54, 1.807) is 6.07 Å².